The molecule has 0 aromatic carbocycles. The largest absolute Gasteiger partial charge is 0.466 e. The fraction of sp³-hybridized carbons (Fsp3) is 0.720. The van der Waals surface area contributed by atoms with Crippen LogP contribution in [-0.4, -0.2) is 31.1 Å². The molecule has 0 aliphatic heterocycles. The van der Waals surface area contributed by atoms with Gasteiger partial charge in [-0.25, -0.2) is 4.79 Å². The van der Waals surface area contributed by atoms with Crippen molar-refractivity contribution in [1.29, 1.82) is 0 Å². The van der Waals surface area contributed by atoms with Gasteiger partial charge in [0.15, 0.2) is 0 Å². The molecule has 0 unspecified atom stereocenters. The molecule has 0 heterocycles. The van der Waals surface area contributed by atoms with Crippen LogP contribution in [0, 0.1) is 28.6 Å². The van der Waals surface area contributed by atoms with Gasteiger partial charge in [0, 0.05) is 19.3 Å². The summed E-state index contributed by atoms with van der Waals surface area (Å²) < 4.78 is 16.2. The van der Waals surface area contributed by atoms with E-state index < -0.39 is 11.9 Å². The molecule has 0 amide bonds. The van der Waals surface area contributed by atoms with Crippen molar-refractivity contribution in [3.8, 4) is 0 Å². The van der Waals surface area contributed by atoms with Gasteiger partial charge in [0.2, 0.25) is 0 Å². The van der Waals surface area contributed by atoms with Crippen LogP contribution < -0.4 is 0 Å². The van der Waals surface area contributed by atoms with Crippen LogP contribution in [0.15, 0.2) is 23.0 Å². The summed E-state index contributed by atoms with van der Waals surface area (Å²) in [5.41, 5.74) is 1.61. The van der Waals surface area contributed by atoms with Crippen molar-refractivity contribution in [3.05, 3.63) is 23.0 Å². The third-order valence-electron chi connectivity index (χ3n) is 8.79. The van der Waals surface area contributed by atoms with Crippen LogP contribution in [0.5, 0.6) is 0 Å². The van der Waals surface area contributed by atoms with Gasteiger partial charge in [0.05, 0.1) is 12.7 Å². The van der Waals surface area contributed by atoms with Gasteiger partial charge < -0.3 is 14.2 Å². The first-order chi connectivity index (χ1) is 14.6. The van der Waals surface area contributed by atoms with Crippen molar-refractivity contribution in [2.45, 2.75) is 78.7 Å². The molecule has 4 rings (SSSR count). The lowest BCUT2D eigenvalue weighted by Crippen LogP contribution is -2.51. The summed E-state index contributed by atoms with van der Waals surface area (Å²) in [5.74, 6) is 0.813. The van der Waals surface area contributed by atoms with Gasteiger partial charge in [-0.05, 0) is 74.2 Å². The predicted octanol–water partition coefficient (Wildman–Crippen LogP) is 4.48. The maximum Gasteiger partial charge on any atom is 0.337 e. The Morgan fingerprint density at radius 1 is 1.00 bits per heavy atom. The zero-order valence-electron chi connectivity index (χ0n) is 19.3. The van der Waals surface area contributed by atoms with Crippen molar-refractivity contribution in [3.63, 3.8) is 0 Å². The van der Waals surface area contributed by atoms with Gasteiger partial charge in [-0.15, -0.1) is 0 Å². The Bertz CT molecular complexity index is 869. The van der Waals surface area contributed by atoms with E-state index in [2.05, 4.69) is 13.8 Å². The standard InChI is InChI=1S/C25H34O6/c1-14(26)30-21-12-16-6-7-17-19-8-9-22(31-15(2)27)24(19,3)11-10-20(17)25(16,4)13-18(21)23(28)29-5/h12,17,19-20,22H,6-11,13H2,1-5H3/t17-,19-,20-,22-,24-,25-/m0/s1. The fourth-order valence-corrected chi connectivity index (χ4v) is 7.40. The van der Waals surface area contributed by atoms with Crippen LogP contribution >= 0.6 is 0 Å². The molecule has 0 radical (unpaired) electrons. The third-order valence-corrected chi connectivity index (χ3v) is 8.79. The second kappa shape index (κ2) is 7.79. The number of esters is 3. The van der Waals surface area contributed by atoms with Gasteiger partial charge in [-0.2, -0.15) is 0 Å². The molecule has 0 spiro atoms. The Morgan fingerprint density at radius 2 is 1.74 bits per heavy atom. The van der Waals surface area contributed by atoms with Gasteiger partial charge in [-0.3, -0.25) is 9.59 Å². The molecular weight excluding hydrogens is 396 g/mol. The van der Waals surface area contributed by atoms with Crippen molar-refractivity contribution < 1.29 is 28.6 Å². The summed E-state index contributed by atoms with van der Waals surface area (Å²) in [7, 11) is 1.37. The minimum Gasteiger partial charge on any atom is -0.466 e. The SMILES string of the molecule is COC(=O)C1=C(OC(C)=O)C=C2CC[C@H]3[C@@H]4CC[C@H](OC(C)=O)[C@@]4(C)CC[C@@H]3[C@@]2(C)C1. The van der Waals surface area contributed by atoms with Crippen LogP contribution in [0.1, 0.15) is 72.6 Å². The summed E-state index contributed by atoms with van der Waals surface area (Å²) in [6.45, 7) is 7.43. The Hall–Kier alpha value is -2.11. The summed E-state index contributed by atoms with van der Waals surface area (Å²) in [6.07, 6.45) is 8.57. The molecule has 6 atom stereocenters. The fourth-order valence-electron chi connectivity index (χ4n) is 7.40. The quantitative estimate of drug-likeness (QED) is 0.485. The van der Waals surface area contributed by atoms with E-state index in [0.29, 0.717) is 35.5 Å². The van der Waals surface area contributed by atoms with Crippen LogP contribution in [0.2, 0.25) is 0 Å². The maximum absolute atomic E-state index is 12.6. The second-order valence-electron chi connectivity index (χ2n) is 10.3. The van der Waals surface area contributed by atoms with E-state index in [0.717, 1.165) is 38.5 Å². The topological polar surface area (TPSA) is 78.9 Å². The zero-order chi connectivity index (χ0) is 22.6. The summed E-state index contributed by atoms with van der Waals surface area (Å²) in [5, 5.41) is 0. The van der Waals surface area contributed by atoms with Crippen molar-refractivity contribution in [2.24, 2.45) is 28.6 Å². The van der Waals surface area contributed by atoms with E-state index in [1.807, 2.05) is 6.08 Å². The smallest absolute Gasteiger partial charge is 0.337 e. The summed E-state index contributed by atoms with van der Waals surface area (Å²) >= 11 is 0. The van der Waals surface area contributed by atoms with E-state index in [1.54, 1.807) is 0 Å². The number of rotatable bonds is 3. The molecule has 0 aromatic heterocycles. The minimum absolute atomic E-state index is 0.00754. The average molecular weight is 431 g/mol. The number of carbonyl (C=O) groups is 3. The molecule has 0 saturated heterocycles. The number of hydrogen-bond acceptors (Lipinski definition) is 6. The maximum atomic E-state index is 12.6. The molecule has 170 valence electrons. The highest BCUT2D eigenvalue weighted by Gasteiger charge is 2.60. The normalized spacial score (nSPS) is 38.9. The Labute approximate surface area is 184 Å². The first-order valence-corrected chi connectivity index (χ1v) is 11.5. The highest BCUT2D eigenvalue weighted by molar-refractivity contribution is 5.90. The monoisotopic (exact) mass is 430 g/mol. The molecule has 0 N–H and O–H groups in total. The Morgan fingerprint density at radius 3 is 2.39 bits per heavy atom. The van der Waals surface area contributed by atoms with Crippen LogP contribution in [-0.2, 0) is 28.6 Å². The molecule has 6 heteroatoms. The number of carbonyl (C=O) groups excluding carboxylic acids is 3. The predicted molar refractivity (Wildman–Crippen MR) is 113 cm³/mol. The van der Waals surface area contributed by atoms with Crippen LogP contribution in [0.25, 0.3) is 0 Å². The summed E-state index contributed by atoms with van der Waals surface area (Å²) in [6, 6.07) is 0. The van der Waals surface area contributed by atoms with E-state index in [9.17, 15) is 14.4 Å². The average Bonchev–Trinajstić information content (AvgIpc) is 3.02. The van der Waals surface area contributed by atoms with Crippen LogP contribution in [0.4, 0.5) is 0 Å². The number of ether oxygens (including phenoxy) is 3. The first kappa shape index (κ1) is 22.1. The Balaban J connectivity index is 1.65. The second-order valence-corrected chi connectivity index (χ2v) is 10.3. The highest BCUT2D eigenvalue weighted by Crippen LogP contribution is 2.66. The number of fused-ring (bicyclic) bond motifs is 5. The minimum atomic E-state index is -0.429. The first-order valence-electron chi connectivity index (χ1n) is 11.5. The van der Waals surface area contributed by atoms with E-state index >= 15 is 0 Å². The zero-order valence-corrected chi connectivity index (χ0v) is 19.3. The number of allylic oxidation sites excluding steroid dienone is 2. The van der Waals surface area contributed by atoms with Crippen molar-refractivity contribution >= 4 is 17.9 Å². The van der Waals surface area contributed by atoms with Gasteiger partial charge >= 0.3 is 17.9 Å². The van der Waals surface area contributed by atoms with Crippen molar-refractivity contribution in [2.75, 3.05) is 7.11 Å². The molecule has 0 aromatic rings. The van der Waals surface area contributed by atoms with Gasteiger partial charge in [0.25, 0.3) is 0 Å². The molecule has 31 heavy (non-hydrogen) atoms. The summed E-state index contributed by atoms with van der Waals surface area (Å²) in [4.78, 5) is 35.9. The molecule has 0 bridgehead atoms. The van der Waals surface area contributed by atoms with E-state index in [4.69, 9.17) is 14.2 Å². The Kier molecular flexibility index (Phi) is 5.55. The molecule has 6 nitrogen and oxygen atoms in total. The number of methoxy groups -OCH3 is 1. The lowest BCUT2D eigenvalue weighted by atomic mass is 9.47. The van der Waals surface area contributed by atoms with E-state index in [1.165, 1.54) is 26.5 Å². The molecule has 4 aliphatic rings. The molecule has 3 saturated carbocycles. The third kappa shape index (κ3) is 3.52. The van der Waals surface area contributed by atoms with Gasteiger partial charge in [-0.1, -0.05) is 19.4 Å². The van der Waals surface area contributed by atoms with Gasteiger partial charge in [0.1, 0.15) is 11.9 Å². The molecule has 3 fully saturated rings. The highest BCUT2D eigenvalue weighted by atomic mass is 16.5. The molecular formula is C25H34O6. The number of hydrogen-bond donors (Lipinski definition) is 0. The van der Waals surface area contributed by atoms with E-state index in [-0.39, 0.29) is 22.9 Å². The van der Waals surface area contributed by atoms with Crippen LogP contribution in [0.3, 0.4) is 0 Å². The molecule has 4 aliphatic carbocycles. The van der Waals surface area contributed by atoms with Crippen molar-refractivity contribution in [1.82, 2.24) is 0 Å². The lowest BCUT2D eigenvalue weighted by molar-refractivity contribution is -0.157. The lowest BCUT2D eigenvalue weighted by Gasteiger charge is -2.57.